The largest absolute Gasteiger partial charge is 0.491 e. The van der Waals surface area contributed by atoms with Crippen molar-refractivity contribution in [2.24, 2.45) is 11.8 Å². The summed E-state index contributed by atoms with van der Waals surface area (Å²) < 4.78 is 5.63. The standard InChI is InChI=1S/C23H32O5S/c1-15-5-8-17(9-6-15)28-14-16(24)7-11-19-20-12-10-18(3-2-4-23(26)27)29-22(20)13-21(19)25/h5-9,11,16,18-22,24-25H,2-4,10,12-14H2,1H3,(H,26,27)/b11-7+/t16-,18+,19-,20-,21-,22+/m1/s1. The Morgan fingerprint density at radius 3 is 2.79 bits per heavy atom. The quantitative estimate of drug-likeness (QED) is 0.527. The zero-order chi connectivity index (χ0) is 20.8. The minimum absolute atomic E-state index is 0.0708. The van der Waals surface area contributed by atoms with Crippen LogP contribution in [0.2, 0.25) is 0 Å². The summed E-state index contributed by atoms with van der Waals surface area (Å²) in [5, 5.41) is 30.5. The van der Waals surface area contributed by atoms with Gasteiger partial charge < -0.3 is 20.1 Å². The minimum atomic E-state index is -0.727. The van der Waals surface area contributed by atoms with Gasteiger partial charge in [-0.05, 0) is 57.1 Å². The van der Waals surface area contributed by atoms with Crippen molar-refractivity contribution < 1.29 is 24.9 Å². The van der Waals surface area contributed by atoms with Crippen molar-refractivity contribution in [2.45, 2.75) is 68.2 Å². The van der Waals surface area contributed by atoms with E-state index in [-0.39, 0.29) is 25.0 Å². The molecule has 1 aliphatic heterocycles. The first-order valence-corrected chi connectivity index (χ1v) is 11.5. The summed E-state index contributed by atoms with van der Waals surface area (Å²) in [6.45, 7) is 2.21. The predicted molar refractivity (Wildman–Crippen MR) is 115 cm³/mol. The molecule has 0 bridgehead atoms. The van der Waals surface area contributed by atoms with Gasteiger partial charge in [0.1, 0.15) is 18.5 Å². The number of carboxylic acid groups (broad SMARTS) is 1. The van der Waals surface area contributed by atoms with Gasteiger partial charge in [-0.2, -0.15) is 11.8 Å². The molecule has 6 atom stereocenters. The molecule has 1 saturated carbocycles. The molecular weight excluding hydrogens is 388 g/mol. The summed E-state index contributed by atoms with van der Waals surface area (Å²) in [6.07, 6.45) is 7.45. The molecule has 160 valence electrons. The van der Waals surface area contributed by atoms with Crippen LogP contribution in [-0.4, -0.2) is 50.6 Å². The van der Waals surface area contributed by atoms with Crippen molar-refractivity contribution in [3.63, 3.8) is 0 Å². The first kappa shape index (κ1) is 22.2. The Kier molecular flexibility index (Phi) is 8.04. The second-order valence-corrected chi connectivity index (χ2v) is 9.82. The van der Waals surface area contributed by atoms with Crippen LogP contribution in [-0.2, 0) is 4.79 Å². The molecule has 3 rings (SSSR count). The molecule has 2 fully saturated rings. The highest BCUT2D eigenvalue weighted by Crippen LogP contribution is 2.49. The van der Waals surface area contributed by atoms with Crippen LogP contribution in [0.5, 0.6) is 5.75 Å². The summed E-state index contributed by atoms with van der Waals surface area (Å²) in [6, 6.07) is 7.73. The lowest BCUT2D eigenvalue weighted by atomic mass is 9.88. The number of hydrogen-bond acceptors (Lipinski definition) is 5. The molecule has 1 aliphatic carbocycles. The van der Waals surface area contributed by atoms with E-state index in [1.54, 1.807) is 6.08 Å². The van der Waals surface area contributed by atoms with Gasteiger partial charge in [-0.25, -0.2) is 0 Å². The van der Waals surface area contributed by atoms with Crippen LogP contribution in [0, 0.1) is 18.8 Å². The van der Waals surface area contributed by atoms with Gasteiger partial charge in [-0.3, -0.25) is 4.79 Å². The molecule has 3 N–H and O–H groups in total. The molecule has 5 nitrogen and oxygen atoms in total. The van der Waals surface area contributed by atoms with Crippen molar-refractivity contribution in [2.75, 3.05) is 6.61 Å². The van der Waals surface area contributed by atoms with Crippen molar-refractivity contribution in [1.29, 1.82) is 0 Å². The van der Waals surface area contributed by atoms with Gasteiger partial charge in [-0.15, -0.1) is 0 Å². The molecule has 0 aromatic heterocycles. The number of hydrogen-bond donors (Lipinski definition) is 3. The zero-order valence-corrected chi connectivity index (χ0v) is 17.8. The number of aliphatic hydroxyl groups is 2. The topological polar surface area (TPSA) is 87.0 Å². The number of aliphatic carboxylic acids is 1. The van der Waals surface area contributed by atoms with Crippen LogP contribution in [0.1, 0.15) is 44.1 Å². The van der Waals surface area contributed by atoms with E-state index < -0.39 is 12.1 Å². The summed E-state index contributed by atoms with van der Waals surface area (Å²) in [5.74, 6) is 0.505. The van der Waals surface area contributed by atoms with E-state index in [0.29, 0.717) is 16.4 Å². The van der Waals surface area contributed by atoms with Crippen LogP contribution >= 0.6 is 11.8 Å². The second kappa shape index (κ2) is 10.5. The molecule has 1 aromatic rings. The summed E-state index contributed by atoms with van der Waals surface area (Å²) in [4.78, 5) is 10.7. The van der Waals surface area contributed by atoms with Crippen molar-refractivity contribution in [3.05, 3.63) is 42.0 Å². The van der Waals surface area contributed by atoms with Gasteiger partial charge in [0.05, 0.1) is 6.10 Å². The molecule has 0 radical (unpaired) electrons. The van der Waals surface area contributed by atoms with Gasteiger partial charge >= 0.3 is 5.97 Å². The third-order valence-electron chi connectivity index (χ3n) is 5.99. The number of carboxylic acids is 1. The van der Waals surface area contributed by atoms with E-state index >= 15 is 0 Å². The van der Waals surface area contributed by atoms with Gasteiger partial charge in [0.2, 0.25) is 0 Å². The summed E-state index contributed by atoms with van der Waals surface area (Å²) in [5.41, 5.74) is 1.16. The average Bonchev–Trinajstić information content (AvgIpc) is 3.00. The molecule has 0 amide bonds. The van der Waals surface area contributed by atoms with Crippen LogP contribution in [0.4, 0.5) is 0 Å². The smallest absolute Gasteiger partial charge is 0.303 e. The van der Waals surface area contributed by atoms with E-state index in [0.717, 1.165) is 43.4 Å². The number of aliphatic hydroxyl groups excluding tert-OH is 2. The van der Waals surface area contributed by atoms with E-state index in [1.807, 2.05) is 49.0 Å². The maximum absolute atomic E-state index is 10.7. The number of aryl methyl sites for hydroxylation is 1. The van der Waals surface area contributed by atoms with Crippen LogP contribution in [0.25, 0.3) is 0 Å². The van der Waals surface area contributed by atoms with Gasteiger partial charge in [0.25, 0.3) is 0 Å². The van der Waals surface area contributed by atoms with Gasteiger partial charge in [0.15, 0.2) is 0 Å². The summed E-state index contributed by atoms with van der Waals surface area (Å²) in [7, 11) is 0. The number of rotatable bonds is 9. The Morgan fingerprint density at radius 1 is 1.31 bits per heavy atom. The Morgan fingerprint density at radius 2 is 2.07 bits per heavy atom. The fourth-order valence-electron chi connectivity index (χ4n) is 4.42. The van der Waals surface area contributed by atoms with Crippen LogP contribution in [0.15, 0.2) is 36.4 Å². The molecule has 2 aliphatic rings. The van der Waals surface area contributed by atoms with Crippen molar-refractivity contribution in [1.82, 2.24) is 0 Å². The Labute approximate surface area is 177 Å². The lowest BCUT2D eigenvalue weighted by molar-refractivity contribution is -0.137. The van der Waals surface area contributed by atoms with E-state index in [2.05, 4.69) is 0 Å². The highest BCUT2D eigenvalue weighted by Gasteiger charge is 2.44. The average molecular weight is 421 g/mol. The van der Waals surface area contributed by atoms with Crippen molar-refractivity contribution >= 4 is 17.7 Å². The first-order chi connectivity index (χ1) is 13.9. The molecule has 0 spiro atoms. The van der Waals surface area contributed by atoms with Crippen LogP contribution < -0.4 is 4.74 Å². The Bertz CT molecular complexity index is 689. The third-order valence-corrected chi connectivity index (χ3v) is 7.74. The lowest BCUT2D eigenvalue weighted by Crippen LogP contribution is -2.27. The Balaban J connectivity index is 1.46. The fraction of sp³-hybridized carbons (Fsp3) is 0.609. The zero-order valence-electron chi connectivity index (χ0n) is 16.9. The number of benzene rings is 1. The molecule has 1 heterocycles. The molecule has 6 heteroatoms. The summed E-state index contributed by atoms with van der Waals surface area (Å²) >= 11 is 1.93. The first-order valence-electron chi connectivity index (χ1n) is 10.5. The van der Waals surface area contributed by atoms with E-state index in [1.165, 1.54) is 0 Å². The third kappa shape index (κ3) is 6.49. The predicted octanol–water partition coefficient (Wildman–Crippen LogP) is 3.81. The molecule has 1 aromatic carbocycles. The maximum atomic E-state index is 10.7. The maximum Gasteiger partial charge on any atom is 0.303 e. The lowest BCUT2D eigenvalue weighted by Gasteiger charge is -2.33. The molecule has 29 heavy (non-hydrogen) atoms. The molecular formula is C23H32O5S. The number of thioether (sulfide) groups is 1. The van der Waals surface area contributed by atoms with E-state index in [9.17, 15) is 15.0 Å². The second-order valence-electron chi connectivity index (χ2n) is 8.28. The van der Waals surface area contributed by atoms with Crippen LogP contribution in [0.3, 0.4) is 0 Å². The monoisotopic (exact) mass is 420 g/mol. The highest BCUT2D eigenvalue weighted by molar-refractivity contribution is 8.00. The fourth-order valence-corrected chi connectivity index (χ4v) is 6.32. The van der Waals surface area contributed by atoms with E-state index in [4.69, 9.17) is 9.84 Å². The number of ether oxygens (including phenoxy) is 1. The van der Waals surface area contributed by atoms with Crippen molar-refractivity contribution in [3.8, 4) is 5.75 Å². The number of fused-ring (bicyclic) bond motifs is 1. The highest BCUT2D eigenvalue weighted by atomic mass is 32.2. The molecule has 1 saturated heterocycles. The van der Waals surface area contributed by atoms with Gasteiger partial charge in [0, 0.05) is 22.8 Å². The normalized spacial score (nSPS) is 30.2. The number of carbonyl (C=O) groups is 1. The van der Waals surface area contributed by atoms with Gasteiger partial charge in [-0.1, -0.05) is 29.8 Å². The SMILES string of the molecule is Cc1ccc(OC[C@H](O)/C=C/[C@@H]2[C@H]3CC[C@H](CCCC(=O)O)S[C@H]3C[C@H]2O)cc1. The Hall–Kier alpha value is -1.50. The minimum Gasteiger partial charge on any atom is -0.491 e. The molecule has 0 unspecified atom stereocenters.